The number of carbonyl (C=O) groups excluding carboxylic acids is 2. The van der Waals surface area contributed by atoms with Gasteiger partial charge in [0, 0.05) is 35.5 Å². The number of benzene rings is 3. The first-order chi connectivity index (χ1) is 20.3. The average molecular weight is 620 g/mol. The molecule has 13 heteroatoms. The summed E-state index contributed by atoms with van der Waals surface area (Å²) in [6.07, 6.45) is 3.02. The van der Waals surface area contributed by atoms with E-state index in [1.165, 1.54) is 23.5 Å². The molecule has 1 fully saturated rings. The van der Waals surface area contributed by atoms with E-state index in [9.17, 15) is 25.0 Å². The predicted molar refractivity (Wildman–Crippen MR) is 162 cm³/mol. The molecule has 42 heavy (non-hydrogen) atoms. The minimum absolute atomic E-state index is 0.0755. The number of anilines is 1. The quantitative estimate of drug-likeness (QED) is 0.0938. The van der Waals surface area contributed by atoms with Gasteiger partial charge < -0.3 is 15.4 Å². The van der Waals surface area contributed by atoms with E-state index in [0.717, 1.165) is 29.3 Å². The van der Waals surface area contributed by atoms with Crippen molar-refractivity contribution >= 4 is 74.2 Å². The summed E-state index contributed by atoms with van der Waals surface area (Å²) < 4.78 is 6.85. The summed E-state index contributed by atoms with van der Waals surface area (Å²) in [6.45, 7) is 0.947. The van der Waals surface area contributed by atoms with E-state index in [2.05, 4.69) is 15.6 Å². The maximum absolute atomic E-state index is 12.6. The SMILES string of the molecule is N#C/C(=C\c1ccc(Sc2nc3ccc(NC(=O)c4ccc(Cl)cc4)cc3s2)c([N+](=O)[O-])c1)C(=O)NC[C@@H]1CCCO1. The highest BCUT2D eigenvalue weighted by molar-refractivity contribution is 8.01. The zero-order valence-corrected chi connectivity index (χ0v) is 24.2. The number of aromatic nitrogens is 1. The molecule has 1 aliphatic rings. The minimum Gasteiger partial charge on any atom is -0.376 e. The van der Waals surface area contributed by atoms with Crippen LogP contribution in [0.4, 0.5) is 11.4 Å². The summed E-state index contributed by atoms with van der Waals surface area (Å²) in [5.41, 5.74) is 1.74. The number of hydrogen-bond donors (Lipinski definition) is 2. The molecule has 0 saturated carbocycles. The van der Waals surface area contributed by atoms with Crippen molar-refractivity contribution in [1.82, 2.24) is 10.3 Å². The third-order valence-electron chi connectivity index (χ3n) is 6.30. The zero-order valence-electron chi connectivity index (χ0n) is 21.8. The molecule has 10 nitrogen and oxygen atoms in total. The lowest BCUT2D eigenvalue weighted by Crippen LogP contribution is -2.32. The standard InChI is InChI=1S/C29H22ClN5O5S2/c30-20-6-4-18(5-7-20)28(37)33-21-8-9-23-26(14-21)42-29(34-23)41-25-10-3-17(13-24(25)35(38)39)12-19(15-31)27(36)32-16-22-2-1-11-40-22/h3-10,12-14,22H,1-2,11,16H2,(H,32,36)(H,33,37)/b19-12+/t22-/m0/s1. The number of carbonyl (C=O) groups is 2. The van der Waals surface area contributed by atoms with Gasteiger partial charge in [-0.1, -0.05) is 29.4 Å². The van der Waals surface area contributed by atoms with Crippen molar-refractivity contribution < 1.29 is 19.2 Å². The van der Waals surface area contributed by atoms with Crippen molar-refractivity contribution in [2.45, 2.75) is 28.2 Å². The van der Waals surface area contributed by atoms with E-state index >= 15 is 0 Å². The lowest BCUT2D eigenvalue weighted by atomic mass is 10.1. The number of thiazole rings is 1. The Hall–Kier alpha value is -4.28. The molecule has 0 unspecified atom stereocenters. The normalized spacial score (nSPS) is 14.9. The second-order valence-corrected chi connectivity index (χ2v) is 12.0. The Labute approximate surface area is 253 Å². The Bertz CT molecular complexity index is 1740. The molecule has 2 heterocycles. The first kappa shape index (κ1) is 29.2. The summed E-state index contributed by atoms with van der Waals surface area (Å²) in [6, 6.07) is 18.2. The molecule has 5 rings (SSSR count). The van der Waals surface area contributed by atoms with E-state index in [4.69, 9.17) is 16.3 Å². The molecule has 1 aliphatic heterocycles. The van der Waals surface area contributed by atoms with Crippen LogP contribution in [0.1, 0.15) is 28.8 Å². The zero-order chi connectivity index (χ0) is 29.6. The molecule has 212 valence electrons. The fraction of sp³-hybridized carbons (Fsp3) is 0.172. The molecule has 0 bridgehead atoms. The van der Waals surface area contributed by atoms with Crippen LogP contribution in [0.2, 0.25) is 5.02 Å². The van der Waals surface area contributed by atoms with E-state index in [1.807, 2.05) is 6.07 Å². The van der Waals surface area contributed by atoms with Crippen molar-refractivity contribution in [2.24, 2.45) is 0 Å². The van der Waals surface area contributed by atoms with E-state index in [-0.39, 0.29) is 23.3 Å². The Kier molecular flexibility index (Phi) is 9.14. The highest BCUT2D eigenvalue weighted by atomic mass is 35.5. The third kappa shape index (κ3) is 7.13. The minimum atomic E-state index is -0.563. The van der Waals surface area contributed by atoms with Crippen LogP contribution >= 0.6 is 34.7 Å². The number of nitro benzene ring substituents is 1. The van der Waals surface area contributed by atoms with Crippen molar-refractivity contribution in [3.05, 3.63) is 92.5 Å². The third-order valence-corrected chi connectivity index (χ3v) is 8.70. The number of nitro groups is 1. The van der Waals surface area contributed by atoms with Gasteiger partial charge in [-0.3, -0.25) is 19.7 Å². The van der Waals surface area contributed by atoms with Crippen LogP contribution in [0.3, 0.4) is 0 Å². The van der Waals surface area contributed by atoms with Crippen molar-refractivity contribution in [3.8, 4) is 6.07 Å². The van der Waals surface area contributed by atoms with Gasteiger partial charge in [0.2, 0.25) is 0 Å². The molecule has 1 atom stereocenters. The number of nitrogens with one attached hydrogen (secondary N) is 2. The first-order valence-electron chi connectivity index (χ1n) is 12.7. The number of hydrogen-bond acceptors (Lipinski definition) is 9. The number of halogens is 1. The van der Waals surface area contributed by atoms with Gasteiger partial charge >= 0.3 is 0 Å². The average Bonchev–Trinajstić information content (AvgIpc) is 3.65. The Morgan fingerprint density at radius 1 is 1.21 bits per heavy atom. The maximum atomic E-state index is 12.6. The summed E-state index contributed by atoms with van der Waals surface area (Å²) in [7, 11) is 0. The van der Waals surface area contributed by atoms with Crippen LogP contribution in [-0.4, -0.2) is 41.0 Å². The van der Waals surface area contributed by atoms with Crippen LogP contribution in [0.15, 0.2) is 75.5 Å². The number of nitrogens with zero attached hydrogens (tertiary/aromatic N) is 3. The van der Waals surface area contributed by atoms with E-state index in [0.29, 0.717) is 49.7 Å². The van der Waals surface area contributed by atoms with Gasteiger partial charge in [-0.2, -0.15) is 5.26 Å². The smallest absolute Gasteiger partial charge is 0.283 e. The monoisotopic (exact) mass is 619 g/mol. The van der Waals surface area contributed by atoms with Gasteiger partial charge in [-0.15, -0.1) is 11.3 Å². The largest absolute Gasteiger partial charge is 0.376 e. The summed E-state index contributed by atoms with van der Waals surface area (Å²) >= 11 is 8.36. The molecule has 1 aromatic heterocycles. The van der Waals surface area contributed by atoms with Crippen LogP contribution in [0.25, 0.3) is 16.3 Å². The number of ether oxygens (including phenoxy) is 1. The van der Waals surface area contributed by atoms with Crippen LogP contribution in [0.5, 0.6) is 0 Å². The molecule has 2 amide bonds. The molecular formula is C29H22ClN5O5S2. The van der Waals surface area contributed by atoms with Crippen LogP contribution in [0, 0.1) is 21.4 Å². The number of fused-ring (bicyclic) bond motifs is 1. The molecule has 3 aromatic carbocycles. The molecule has 1 saturated heterocycles. The summed E-state index contributed by atoms with van der Waals surface area (Å²) in [4.78, 5) is 41.4. The number of amides is 2. The first-order valence-corrected chi connectivity index (χ1v) is 14.8. The van der Waals surface area contributed by atoms with Gasteiger partial charge in [0.05, 0.1) is 26.1 Å². The fourth-order valence-corrected chi connectivity index (χ4v) is 6.47. The van der Waals surface area contributed by atoms with Crippen LogP contribution < -0.4 is 10.6 Å². The van der Waals surface area contributed by atoms with Gasteiger partial charge in [0.25, 0.3) is 17.5 Å². The van der Waals surface area contributed by atoms with Gasteiger partial charge in [0.15, 0.2) is 4.34 Å². The predicted octanol–water partition coefficient (Wildman–Crippen LogP) is 6.46. The highest BCUT2D eigenvalue weighted by Gasteiger charge is 2.20. The lowest BCUT2D eigenvalue weighted by molar-refractivity contribution is -0.387. The molecule has 0 radical (unpaired) electrons. The number of nitriles is 1. The Morgan fingerprint density at radius 2 is 2.02 bits per heavy atom. The summed E-state index contributed by atoms with van der Waals surface area (Å²) in [5, 5.41) is 27.5. The lowest BCUT2D eigenvalue weighted by Gasteiger charge is -2.10. The van der Waals surface area contributed by atoms with Crippen LogP contribution in [-0.2, 0) is 9.53 Å². The molecular weight excluding hydrogens is 598 g/mol. The van der Waals surface area contributed by atoms with E-state index < -0.39 is 10.8 Å². The number of rotatable bonds is 9. The Balaban J connectivity index is 1.31. The van der Waals surface area contributed by atoms with Gasteiger partial charge in [-0.05, 0) is 73.0 Å². The maximum Gasteiger partial charge on any atom is 0.283 e. The molecule has 2 N–H and O–H groups in total. The van der Waals surface area contributed by atoms with Crippen molar-refractivity contribution in [2.75, 3.05) is 18.5 Å². The van der Waals surface area contributed by atoms with Gasteiger partial charge in [0.1, 0.15) is 11.6 Å². The van der Waals surface area contributed by atoms with Crippen molar-refractivity contribution in [1.29, 1.82) is 5.26 Å². The molecule has 0 aliphatic carbocycles. The Morgan fingerprint density at radius 3 is 2.74 bits per heavy atom. The molecule has 4 aromatic rings. The fourth-order valence-electron chi connectivity index (χ4n) is 4.20. The highest BCUT2D eigenvalue weighted by Crippen LogP contribution is 2.40. The second kappa shape index (κ2) is 13.1. The second-order valence-electron chi connectivity index (χ2n) is 9.22. The van der Waals surface area contributed by atoms with E-state index in [1.54, 1.807) is 54.6 Å². The van der Waals surface area contributed by atoms with Crippen molar-refractivity contribution in [3.63, 3.8) is 0 Å². The van der Waals surface area contributed by atoms with Gasteiger partial charge in [-0.25, -0.2) is 4.98 Å². The molecule has 0 spiro atoms. The topological polar surface area (TPSA) is 147 Å². The summed E-state index contributed by atoms with van der Waals surface area (Å²) in [5.74, 6) is -0.845.